The van der Waals surface area contributed by atoms with Crippen LogP contribution in [-0.2, 0) is 21.4 Å². The molecule has 2 aromatic rings. The number of benzene rings is 1. The molecule has 0 radical (unpaired) electrons. The molecule has 1 aromatic carbocycles. The average Bonchev–Trinajstić information content (AvgIpc) is 3.01. The van der Waals surface area contributed by atoms with Gasteiger partial charge in [0.1, 0.15) is 0 Å². The SMILES string of the molecule is Cc1ccc(S(=O)(=O)NC(C)C)cc1C(=O)OCc1nc(C(C)C)no1. The summed E-state index contributed by atoms with van der Waals surface area (Å²) in [5, 5.41) is 3.79. The first-order valence-electron chi connectivity index (χ1n) is 8.22. The number of hydrogen-bond donors (Lipinski definition) is 1. The fourth-order valence-electron chi connectivity index (χ4n) is 2.13. The molecule has 0 saturated heterocycles. The Morgan fingerprint density at radius 3 is 2.54 bits per heavy atom. The van der Waals surface area contributed by atoms with E-state index >= 15 is 0 Å². The molecule has 2 rings (SSSR count). The van der Waals surface area contributed by atoms with Gasteiger partial charge in [0.25, 0.3) is 5.89 Å². The van der Waals surface area contributed by atoms with Gasteiger partial charge in [-0.1, -0.05) is 25.1 Å². The van der Waals surface area contributed by atoms with Crippen LogP contribution in [-0.4, -0.2) is 30.6 Å². The Kier molecular flexibility index (Phi) is 6.14. The summed E-state index contributed by atoms with van der Waals surface area (Å²) in [6.45, 7) is 8.79. The fourth-order valence-corrected chi connectivity index (χ4v) is 3.41. The minimum absolute atomic E-state index is 0.00337. The molecule has 1 aromatic heterocycles. The Labute approximate surface area is 153 Å². The maximum absolute atomic E-state index is 12.4. The highest BCUT2D eigenvalue weighted by Crippen LogP contribution is 2.18. The van der Waals surface area contributed by atoms with Crippen molar-refractivity contribution < 1.29 is 22.5 Å². The van der Waals surface area contributed by atoms with Crippen LogP contribution in [0.5, 0.6) is 0 Å². The molecule has 1 heterocycles. The quantitative estimate of drug-likeness (QED) is 0.734. The summed E-state index contributed by atoms with van der Waals surface area (Å²) < 4.78 is 37.2. The summed E-state index contributed by atoms with van der Waals surface area (Å²) in [6.07, 6.45) is 0. The molecule has 1 N–H and O–H groups in total. The number of hydrogen-bond acceptors (Lipinski definition) is 7. The zero-order valence-electron chi connectivity index (χ0n) is 15.4. The Morgan fingerprint density at radius 1 is 1.27 bits per heavy atom. The number of carbonyl (C=O) groups excluding carboxylic acids is 1. The lowest BCUT2D eigenvalue weighted by Crippen LogP contribution is -2.30. The molecule has 0 bridgehead atoms. The van der Waals surface area contributed by atoms with Gasteiger partial charge in [0.05, 0.1) is 10.5 Å². The topological polar surface area (TPSA) is 111 Å². The predicted octanol–water partition coefficient (Wildman–Crippen LogP) is 2.55. The van der Waals surface area contributed by atoms with Crippen molar-refractivity contribution in [2.45, 2.75) is 58.1 Å². The van der Waals surface area contributed by atoms with E-state index in [1.165, 1.54) is 12.1 Å². The van der Waals surface area contributed by atoms with E-state index in [0.29, 0.717) is 11.4 Å². The van der Waals surface area contributed by atoms with Gasteiger partial charge in [-0.2, -0.15) is 4.98 Å². The van der Waals surface area contributed by atoms with Crippen molar-refractivity contribution in [1.82, 2.24) is 14.9 Å². The Bertz CT molecular complexity index is 888. The number of nitrogens with zero attached hydrogens (tertiary/aromatic N) is 2. The molecule has 0 fully saturated rings. The first kappa shape index (κ1) is 20.1. The van der Waals surface area contributed by atoms with Gasteiger partial charge in [-0.05, 0) is 38.5 Å². The second-order valence-electron chi connectivity index (χ2n) is 6.53. The lowest BCUT2D eigenvalue weighted by Gasteiger charge is -2.12. The summed E-state index contributed by atoms with van der Waals surface area (Å²) in [5.41, 5.74) is 0.770. The van der Waals surface area contributed by atoms with Crippen LogP contribution in [0.4, 0.5) is 0 Å². The van der Waals surface area contributed by atoms with Crippen molar-refractivity contribution in [3.05, 3.63) is 41.0 Å². The van der Waals surface area contributed by atoms with Crippen LogP contribution in [0, 0.1) is 6.92 Å². The predicted molar refractivity (Wildman–Crippen MR) is 94.1 cm³/mol. The molecule has 0 saturated carbocycles. The van der Waals surface area contributed by atoms with Crippen molar-refractivity contribution in [1.29, 1.82) is 0 Å². The molecule has 0 aliphatic heterocycles. The number of carbonyl (C=O) groups is 1. The normalized spacial score (nSPS) is 12.0. The maximum atomic E-state index is 12.4. The van der Waals surface area contributed by atoms with Crippen LogP contribution in [0.1, 0.15) is 61.2 Å². The molecular weight excluding hydrogens is 358 g/mol. The third-order valence-electron chi connectivity index (χ3n) is 3.46. The van der Waals surface area contributed by atoms with Gasteiger partial charge < -0.3 is 9.26 Å². The van der Waals surface area contributed by atoms with Crippen LogP contribution < -0.4 is 4.72 Å². The van der Waals surface area contributed by atoms with E-state index in [1.807, 2.05) is 13.8 Å². The minimum Gasteiger partial charge on any atom is -0.452 e. The number of esters is 1. The number of sulfonamides is 1. The summed E-state index contributed by atoms with van der Waals surface area (Å²) in [5.74, 6) is 0.152. The van der Waals surface area contributed by atoms with Crippen molar-refractivity contribution in [2.75, 3.05) is 0 Å². The number of nitrogens with one attached hydrogen (secondary N) is 1. The van der Waals surface area contributed by atoms with Gasteiger partial charge in [0.2, 0.25) is 10.0 Å². The molecule has 8 nitrogen and oxygen atoms in total. The summed E-state index contributed by atoms with van der Waals surface area (Å²) in [6, 6.07) is 4.05. The largest absolute Gasteiger partial charge is 0.452 e. The second kappa shape index (κ2) is 7.96. The van der Waals surface area contributed by atoms with Gasteiger partial charge in [0, 0.05) is 12.0 Å². The van der Waals surface area contributed by atoms with E-state index in [-0.39, 0.29) is 34.9 Å². The lowest BCUT2D eigenvalue weighted by molar-refractivity contribution is 0.0428. The molecule has 0 aliphatic rings. The average molecular weight is 381 g/mol. The molecule has 26 heavy (non-hydrogen) atoms. The minimum atomic E-state index is -3.70. The fraction of sp³-hybridized carbons (Fsp3) is 0.471. The van der Waals surface area contributed by atoms with E-state index in [0.717, 1.165) is 0 Å². The Morgan fingerprint density at radius 2 is 1.96 bits per heavy atom. The highest BCUT2D eigenvalue weighted by molar-refractivity contribution is 7.89. The van der Waals surface area contributed by atoms with Crippen LogP contribution in [0.15, 0.2) is 27.6 Å². The molecular formula is C17H23N3O5S. The second-order valence-corrected chi connectivity index (χ2v) is 8.24. The first-order valence-corrected chi connectivity index (χ1v) is 9.71. The molecule has 0 amide bonds. The first-order chi connectivity index (χ1) is 12.1. The number of ether oxygens (including phenoxy) is 1. The summed E-state index contributed by atoms with van der Waals surface area (Å²) >= 11 is 0. The van der Waals surface area contributed by atoms with Gasteiger partial charge >= 0.3 is 5.97 Å². The van der Waals surface area contributed by atoms with Crippen LogP contribution in [0.2, 0.25) is 0 Å². The molecule has 0 spiro atoms. The summed E-state index contributed by atoms with van der Waals surface area (Å²) in [4.78, 5) is 16.5. The molecule has 0 unspecified atom stereocenters. The van der Waals surface area contributed by atoms with Gasteiger partial charge in [-0.25, -0.2) is 17.9 Å². The van der Waals surface area contributed by atoms with E-state index in [1.54, 1.807) is 26.8 Å². The maximum Gasteiger partial charge on any atom is 0.338 e. The van der Waals surface area contributed by atoms with E-state index in [2.05, 4.69) is 14.9 Å². The van der Waals surface area contributed by atoms with E-state index in [4.69, 9.17) is 9.26 Å². The molecule has 0 atom stereocenters. The third-order valence-corrected chi connectivity index (χ3v) is 5.11. The lowest BCUT2D eigenvalue weighted by atomic mass is 10.1. The van der Waals surface area contributed by atoms with E-state index in [9.17, 15) is 13.2 Å². The van der Waals surface area contributed by atoms with E-state index < -0.39 is 16.0 Å². The van der Waals surface area contributed by atoms with Gasteiger partial charge in [-0.3, -0.25) is 0 Å². The smallest absolute Gasteiger partial charge is 0.338 e. The molecule has 9 heteroatoms. The van der Waals surface area contributed by atoms with Crippen LogP contribution in [0.25, 0.3) is 0 Å². The van der Waals surface area contributed by atoms with Crippen LogP contribution >= 0.6 is 0 Å². The van der Waals surface area contributed by atoms with Crippen molar-refractivity contribution in [3.63, 3.8) is 0 Å². The van der Waals surface area contributed by atoms with Crippen molar-refractivity contribution in [3.8, 4) is 0 Å². The van der Waals surface area contributed by atoms with Crippen molar-refractivity contribution >= 4 is 16.0 Å². The zero-order chi connectivity index (χ0) is 19.5. The number of rotatable bonds is 7. The zero-order valence-corrected chi connectivity index (χ0v) is 16.3. The highest BCUT2D eigenvalue weighted by Gasteiger charge is 2.20. The van der Waals surface area contributed by atoms with Gasteiger partial charge in [0.15, 0.2) is 12.4 Å². The highest BCUT2D eigenvalue weighted by atomic mass is 32.2. The Balaban J connectivity index is 2.16. The number of aryl methyl sites for hydroxylation is 1. The standard InChI is InChI=1S/C17H23N3O5S/c1-10(2)16-18-15(25-19-16)9-24-17(21)14-8-13(7-6-12(14)5)26(22,23)20-11(3)4/h6-8,10-11,20H,9H2,1-5H3. The third kappa shape index (κ3) is 4.89. The summed E-state index contributed by atoms with van der Waals surface area (Å²) in [7, 11) is -3.70. The van der Waals surface area contributed by atoms with Crippen LogP contribution in [0.3, 0.4) is 0 Å². The van der Waals surface area contributed by atoms with Crippen molar-refractivity contribution in [2.24, 2.45) is 0 Å². The molecule has 142 valence electrons. The monoisotopic (exact) mass is 381 g/mol. The number of aromatic nitrogens is 2. The molecule has 0 aliphatic carbocycles. The van der Waals surface area contributed by atoms with Gasteiger partial charge in [-0.15, -0.1) is 0 Å². The Hall–Kier alpha value is -2.26.